The first-order valence-corrected chi connectivity index (χ1v) is 21.5. The number of phenolic OH excluding ortho intramolecular Hbond substituents is 1. The van der Waals surface area contributed by atoms with E-state index in [9.17, 15) is 5.11 Å². The van der Waals surface area contributed by atoms with Crippen molar-refractivity contribution in [1.29, 1.82) is 0 Å². The van der Waals surface area contributed by atoms with Gasteiger partial charge in [0.2, 0.25) is 0 Å². The molecule has 2 aromatic heterocycles. The maximum atomic E-state index is 11.8. The summed E-state index contributed by atoms with van der Waals surface area (Å²) in [7, 11) is 0. The molecule has 8 aromatic rings. The molecule has 4 nitrogen and oxygen atoms in total. The first kappa shape index (κ1) is 41.5. The zero-order valence-corrected chi connectivity index (χ0v) is 38.0. The van der Waals surface area contributed by atoms with Crippen LogP contribution in [0.4, 0.5) is 0 Å². The Balaban J connectivity index is 1.36. The van der Waals surface area contributed by atoms with Crippen molar-refractivity contribution in [2.24, 2.45) is 0 Å². The van der Waals surface area contributed by atoms with Crippen LogP contribution >= 0.6 is 0 Å². The molecule has 0 aliphatic rings. The molecule has 61 heavy (non-hydrogen) atoms. The lowest BCUT2D eigenvalue weighted by atomic mass is 9.83. The van der Waals surface area contributed by atoms with Crippen LogP contribution in [0.25, 0.3) is 72.7 Å². The molecule has 0 saturated carbocycles. The molecule has 0 bridgehead atoms. The molecule has 1 N–H and O–H groups in total. The first-order valence-electron chi connectivity index (χ1n) is 21.5. The van der Waals surface area contributed by atoms with Gasteiger partial charge in [-0.05, 0) is 136 Å². The maximum Gasteiger partial charge on any atom is 0.149 e. The average molecular weight is 802 g/mol. The van der Waals surface area contributed by atoms with Crippen LogP contribution in [0.1, 0.15) is 95.7 Å². The van der Waals surface area contributed by atoms with E-state index in [2.05, 4.69) is 202 Å². The van der Waals surface area contributed by atoms with Gasteiger partial charge in [0.1, 0.15) is 11.6 Å². The lowest BCUT2D eigenvalue weighted by Crippen LogP contribution is -2.11. The summed E-state index contributed by atoms with van der Waals surface area (Å²) in [5, 5.41) is 11.8. The third-order valence-electron chi connectivity index (χ3n) is 12.1. The van der Waals surface area contributed by atoms with E-state index >= 15 is 0 Å². The lowest BCUT2D eigenvalue weighted by molar-refractivity contribution is 0.472. The maximum absolute atomic E-state index is 11.8. The molecule has 0 amide bonds. The summed E-state index contributed by atoms with van der Waals surface area (Å²) in [5.41, 5.74) is 19.0. The van der Waals surface area contributed by atoms with E-state index in [1.165, 1.54) is 27.8 Å². The molecule has 0 unspecified atom stereocenters. The summed E-state index contributed by atoms with van der Waals surface area (Å²) in [6.07, 6.45) is 1.92. The molecule has 0 saturated heterocycles. The summed E-state index contributed by atoms with van der Waals surface area (Å²) in [4.78, 5) is 10.5. The number of aryl methyl sites for hydroxylation is 3. The fraction of sp³-hybridized carbons (Fsp3) is 0.263. The van der Waals surface area contributed by atoms with Crippen LogP contribution in [0.5, 0.6) is 5.75 Å². The predicted molar refractivity (Wildman–Crippen MR) is 258 cm³/mol. The Morgan fingerprint density at radius 1 is 0.475 bits per heavy atom. The van der Waals surface area contributed by atoms with Crippen LogP contribution in [0.15, 0.2) is 134 Å². The van der Waals surface area contributed by atoms with Gasteiger partial charge in [-0.15, -0.1) is 0 Å². The number of benzene rings is 6. The summed E-state index contributed by atoms with van der Waals surface area (Å²) < 4.78 is 2.25. The van der Waals surface area contributed by atoms with Gasteiger partial charge in [-0.25, -0.2) is 4.98 Å². The molecule has 0 spiro atoms. The molecule has 0 atom stereocenters. The zero-order valence-electron chi connectivity index (χ0n) is 38.0. The van der Waals surface area contributed by atoms with Crippen molar-refractivity contribution < 1.29 is 5.11 Å². The molecular formula is C57H59N3O. The summed E-state index contributed by atoms with van der Waals surface area (Å²) >= 11 is 0. The molecule has 4 heteroatoms. The number of rotatable bonds is 6. The zero-order chi connectivity index (χ0) is 43.6. The van der Waals surface area contributed by atoms with Crippen LogP contribution in [0.2, 0.25) is 0 Å². The van der Waals surface area contributed by atoms with Crippen LogP contribution < -0.4 is 0 Å². The molecule has 308 valence electrons. The van der Waals surface area contributed by atoms with Crippen molar-refractivity contribution in [2.45, 2.75) is 99.3 Å². The predicted octanol–water partition coefficient (Wildman–Crippen LogP) is 15.3. The Morgan fingerprint density at radius 2 is 1.08 bits per heavy atom. The number of pyridine rings is 1. The van der Waals surface area contributed by atoms with Gasteiger partial charge in [-0.2, -0.15) is 0 Å². The van der Waals surface area contributed by atoms with Crippen molar-refractivity contribution >= 4 is 11.0 Å². The second kappa shape index (κ2) is 15.3. The highest BCUT2D eigenvalue weighted by molar-refractivity contribution is 5.98. The largest absolute Gasteiger partial charge is 0.507 e. The Hall–Kier alpha value is -6.26. The number of aromatic nitrogens is 3. The number of hydrogen-bond acceptors (Lipinski definition) is 3. The summed E-state index contributed by atoms with van der Waals surface area (Å²) in [6, 6.07) is 46.2. The number of aromatic hydroxyl groups is 1. The summed E-state index contributed by atoms with van der Waals surface area (Å²) in [6.45, 7) is 26.5. The topological polar surface area (TPSA) is 50.9 Å². The van der Waals surface area contributed by atoms with Crippen molar-refractivity contribution in [3.05, 3.63) is 167 Å². The fourth-order valence-electron chi connectivity index (χ4n) is 8.41. The van der Waals surface area contributed by atoms with Gasteiger partial charge in [-0.1, -0.05) is 147 Å². The summed E-state index contributed by atoms with van der Waals surface area (Å²) in [5.74, 6) is 0.935. The number of nitrogens with zero attached hydrogens (tertiary/aromatic N) is 3. The van der Waals surface area contributed by atoms with E-state index in [4.69, 9.17) is 9.97 Å². The SMILES string of the molecule is Cc1ccc(-n2c(-c3cc(C)cc(C)c3O)nc3c(-c4cc(-c5cc(-c6ccc(C(C)(C)C)cc6)ccn5)cc(C(C)(C)C)c4)cccc32)c(-c2ccc(C(C)(C)C)cc2)c1. The minimum atomic E-state index is -0.131. The second-order valence-corrected chi connectivity index (χ2v) is 20.1. The van der Waals surface area contributed by atoms with E-state index in [-0.39, 0.29) is 22.0 Å². The molecule has 8 rings (SSSR count). The number of fused-ring (bicyclic) bond motifs is 1. The average Bonchev–Trinajstić information content (AvgIpc) is 3.60. The molecular weight excluding hydrogens is 743 g/mol. The van der Waals surface area contributed by atoms with E-state index in [1.54, 1.807) is 0 Å². The Kier molecular flexibility index (Phi) is 10.4. The quantitative estimate of drug-likeness (QED) is 0.182. The normalized spacial score (nSPS) is 12.3. The van der Waals surface area contributed by atoms with Crippen LogP contribution in [0, 0.1) is 20.8 Å². The molecule has 2 heterocycles. The number of imidazole rings is 1. The molecule has 0 radical (unpaired) electrons. The van der Waals surface area contributed by atoms with Crippen molar-refractivity contribution in [3.8, 4) is 67.5 Å². The van der Waals surface area contributed by atoms with Crippen molar-refractivity contribution in [1.82, 2.24) is 14.5 Å². The first-order chi connectivity index (χ1) is 28.8. The van der Waals surface area contributed by atoms with Gasteiger partial charge in [0.25, 0.3) is 0 Å². The highest BCUT2D eigenvalue weighted by atomic mass is 16.3. The van der Waals surface area contributed by atoms with Gasteiger partial charge in [0.05, 0.1) is 28.0 Å². The van der Waals surface area contributed by atoms with Gasteiger partial charge >= 0.3 is 0 Å². The number of para-hydroxylation sites is 1. The molecule has 0 aliphatic carbocycles. The minimum Gasteiger partial charge on any atom is -0.507 e. The third kappa shape index (κ3) is 8.16. The standard InChI is InChI=1S/C57H59N3O/c1-35-16-25-50(47(29-35)39-19-23-44(24-20-39)56(7,8)9)60-51-15-13-14-46(52(51)59-54(60)48-30-36(2)28-37(3)53(48)61)41-31-42(33-45(32-41)57(10,11)12)49-34-40(26-27-58-49)38-17-21-43(22-18-38)55(4,5)6/h13-34,61H,1-12H3. The second-order valence-electron chi connectivity index (χ2n) is 20.1. The molecule has 0 aliphatic heterocycles. The highest BCUT2D eigenvalue weighted by Crippen LogP contribution is 2.43. The van der Waals surface area contributed by atoms with Crippen LogP contribution in [0.3, 0.4) is 0 Å². The lowest BCUT2D eigenvalue weighted by Gasteiger charge is -2.22. The van der Waals surface area contributed by atoms with E-state index in [0.717, 1.165) is 66.9 Å². The third-order valence-corrected chi connectivity index (χ3v) is 12.1. The fourth-order valence-corrected chi connectivity index (χ4v) is 8.41. The van der Waals surface area contributed by atoms with Gasteiger partial charge in [0.15, 0.2) is 0 Å². The Bertz CT molecular complexity index is 2930. The highest BCUT2D eigenvalue weighted by Gasteiger charge is 2.25. The Labute approximate surface area is 363 Å². The minimum absolute atomic E-state index is 0.0417. The smallest absolute Gasteiger partial charge is 0.149 e. The van der Waals surface area contributed by atoms with E-state index < -0.39 is 0 Å². The van der Waals surface area contributed by atoms with Crippen molar-refractivity contribution in [2.75, 3.05) is 0 Å². The van der Waals surface area contributed by atoms with Crippen molar-refractivity contribution in [3.63, 3.8) is 0 Å². The number of hydrogen-bond donors (Lipinski definition) is 1. The molecule has 6 aromatic carbocycles. The van der Waals surface area contributed by atoms with E-state index in [0.29, 0.717) is 11.4 Å². The Morgan fingerprint density at radius 3 is 1.72 bits per heavy atom. The monoisotopic (exact) mass is 801 g/mol. The number of phenols is 1. The van der Waals surface area contributed by atoms with Gasteiger partial charge < -0.3 is 5.11 Å². The van der Waals surface area contributed by atoms with Gasteiger partial charge in [0, 0.05) is 22.9 Å². The van der Waals surface area contributed by atoms with Crippen LogP contribution in [-0.4, -0.2) is 19.6 Å². The van der Waals surface area contributed by atoms with Crippen LogP contribution in [-0.2, 0) is 16.2 Å². The molecule has 0 fully saturated rings. The van der Waals surface area contributed by atoms with Gasteiger partial charge in [-0.3, -0.25) is 9.55 Å². The van der Waals surface area contributed by atoms with E-state index in [1.807, 2.05) is 19.2 Å².